The molecule has 12 nitrogen and oxygen atoms in total. The third-order valence-electron chi connectivity index (χ3n) is 9.18. The van der Waals surface area contributed by atoms with Crippen LogP contribution in [0.4, 0.5) is 10.5 Å². The second-order valence-corrected chi connectivity index (χ2v) is 11.9. The predicted molar refractivity (Wildman–Crippen MR) is 164 cm³/mol. The predicted octanol–water partition coefficient (Wildman–Crippen LogP) is 1.67. The van der Waals surface area contributed by atoms with Gasteiger partial charge in [0.05, 0.1) is 5.57 Å². The van der Waals surface area contributed by atoms with Crippen LogP contribution in [-0.4, -0.2) is 100 Å². The fourth-order valence-corrected chi connectivity index (χ4v) is 6.61. The largest absolute Gasteiger partial charge is 0.398 e. The number of benzene rings is 2. The van der Waals surface area contributed by atoms with Gasteiger partial charge in [0.2, 0.25) is 5.91 Å². The maximum absolute atomic E-state index is 13.5. The van der Waals surface area contributed by atoms with E-state index in [1.165, 1.54) is 16.0 Å². The number of urea groups is 1. The van der Waals surface area contributed by atoms with Crippen molar-refractivity contribution in [1.82, 2.24) is 24.9 Å². The molecule has 12 heteroatoms. The first-order valence-corrected chi connectivity index (χ1v) is 15.3. The SMILES string of the molecule is Nc1cccc2c1CN(C1CCC(=O)N(C(=O)N3CCN(CCNC=C4C(=O)CC(c5ccccc5)CC4=O)CC3)C1=O)C2=O. The molecule has 234 valence electrons. The van der Waals surface area contributed by atoms with Crippen LogP contribution in [0.3, 0.4) is 0 Å². The molecule has 3 aliphatic heterocycles. The van der Waals surface area contributed by atoms with Crippen LogP contribution in [0.5, 0.6) is 0 Å². The number of likely N-dealkylation sites (tertiary alicyclic amines) is 1. The molecule has 1 atom stereocenters. The molecular formula is C33H36N6O6. The minimum Gasteiger partial charge on any atom is -0.398 e. The summed E-state index contributed by atoms with van der Waals surface area (Å²) < 4.78 is 0. The molecule has 3 N–H and O–H groups in total. The summed E-state index contributed by atoms with van der Waals surface area (Å²) in [4.78, 5) is 83.8. The van der Waals surface area contributed by atoms with Crippen LogP contribution in [0.25, 0.3) is 0 Å². The van der Waals surface area contributed by atoms with Crippen LogP contribution in [0.15, 0.2) is 60.3 Å². The summed E-state index contributed by atoms with van der Waals surface area (Å²) in [6, 6.07) is 13.1. The highest BCUT2D eigenvalue weighted by Gasteiger charge is 2.46. The van der Waals surface area contributed by atoms with Crippen molar-refractivity contribution in [3.05, 3.63) is 77.0 Å². The molecular weight excluding hydrogens is 576 g/mol. The summed E-state index contributed by atoms with van der Waals surface area (Å²) in [5.41, 5.74) is 8.80. The fourth-order valence-electron chi connectivity index (χ4n) is 6.61. The van der Waals surface area contributed by atoms with Crippen molar-refractivity contribution in [1.29, 1.82) is 0 Å². The van der Waals surface area contributed by atoms with Gasteiger partial charge >= 0.3 is 6.03 Å². The molecule has 6 rings (SSSR count). The molecule has 0 radical (unpaired) electrons. The summed E-state index contributed by atoms with van der Waals surface area (Å²) in [6.07, 6.45) is 2.27. The van der Waals surface area contributed by atoms with E-state index in [9.17, 15) is 28.8 Å². The van der Waals surface area contributed by atoms with Crippen LogP contribution < -0.4 is 11.1 Å². The minimum absolute atomic E-state index is 0.0171. The number of imide groups is 3. The standard InChI is InChI=1S/C33H36N6O6/c34-26-8-4-7-23-25(26)20-38(31(23)43)27-9-10-30(42)39(32(27)44)33(45)37-15-13-36(14-16-37)12-11-35-19-24-28(40)17-22(18-29(24)41)21-5-2-1-3-6-21/h1-8,19,22,27,35H,9-18,20,34H2. The Morgan fingerprint density at radius 2 is 1.62 bits per heavy atom. The second kappa shape index (κ2) is 12.6. The lowest BCUT2D eigenvalue weighted by molar-refractivity contribution is -0.149. The molecule has 2 aromatic carbocycles. The summed E-state index contributed by atoms with van der Waals surface area (Å²) >= 11 is 0. The van der Waals surface area contributed by atoms with Gasteiger partial charge < -0.3 is 20.9 Å². The zero-order valence-corrected chi connectivity index (χ0v) is 24.9. The Bertz CT molecular complexity index is 1560. The quantitative estimate of drug-likeness (QED) is 0.163. The Hall–Kier alpha value is -4.84. The molecule has 0 aromatic heterocycles. The van der Waals surface area contributed by atoms with E-state index < -0.39 is 23.9 Å². The number of hydrogen-bond acceptors (Lipinski definition) is 9. The monoisotopic (exact) mass is 612 g/mol. The lowest BCUT2D eigenvalue weighted by atomic mass is 9.80. The number of anilines is 1. The summed E-state index contributed by atoms with van der Waals surface area (Å²) in [6.45, 7) is 2.98. The zero-order valence-electron chi connectivity index (χ0n) is 24.9. The van der Waals surface area contributed by atoms with Crippen LogP contribution in [0.1, 0.15) is 53.1 Å². The van der Waals surface area contributed by atoms with Crippen LogP contribution in [-0.2, 0) is 25.7 Å². The summed E-state index contributed by atoms with van der Waals surface area (Å²) in [7, 11) is 0. The van der Waals surface area contributed by atoms with E-state index in [1.807, 2.05) is 30.3 Å². The van der Waals surface area contributed by atoms with Crippen molar-refractivity contribution in [2.75, 3.05) is 45.0 Å². The van der Waals surface area contributed by atoms with Gasteiger partial charge in [-0.25, -0.2) is 4.79 Å². The minimum atomic E-state index is -0.917. The number of hydrogen-bond donors (Lipinski definition) is 2. The topological polar surface area (TPSA) is 153 Å². The Morgan fingerprint density at radius 1 is 0.911 bits per heavy atom. The first-order valence-electron chi connectivity index (χ1n) is 15.3. The number of allylic oxidation sites excluding steroid dienone is 1. The number of carbonyl (C=O) groups excluding carboxylic acids is 6. The van der Waals surface area contributed by atoms with E-state index >= 15 is 0 Å². The van der Waals surface area contributed by atoms with Gasteiger partial charge in [-0.3, -0.25) is 28.9 Å². The van der Waals surface area contributed by atoms with Crippen molar-refractivity contribution in [2.45, 2.75) is 44.2 Å². The molecule has 1 aliphatic carbocycles. The molecule has 2 aromatic rings. The Kier molecular flexibility index (Phi) is 8.48. The van der Waals surface area contributed by atoms with E-state index in [0.29, 0.717) is 73.8 Å². The molecule has 45 heavy (non-hydrogen) atoms. The molecule has 5 amide bonds. The maximum Gasteiger partial charge on any atom is 0.333 e. The smallest absolute Gasteiger partial charge is 0.333 e. The molecule has 0 bridgehead atoms. The average Bonchev–Trinajstić information content (AvgIpc) is 3.38. The highest BCUT2D eigenvalue weighted by molar-refractivity contribution is 6.22. The molecule has 1 unspecified atom stereocenters. The number of carbonyl (C=O) groups is 6. The number of nitrogens with one attached hydrogen (secondary N) is 1. The lowest BCUT2D eigenvalue weighted by Crippen LogP contribution is -2.61. The van der Waals surface area contributed by atoms with Gasteiger partial charge in [-0.05, 0) is 30.0 Å². The van der Waals surface area contributed by atoms with E-state index in [1.54, 1.807) is 18.2 Å². The van der Waals surface area contributed by atoms with Crippen molar-refractivity contribution < 1.29 is 28.8 Å². The summed E-state index contributed by atoms with van der Waals surface area (Å²) in [5.74, 6) is -1.99. The van der Waals surface area contributed by atoms with E-state index in [4.69, 9.17) is 5.73 Å². The molecule has 4 aliphatic rings. The van der Waals surface area contributed by atoms with Gasteiger partial charge in [0, 0.05) is 88.1 Å². The average molecular weight is 613 g/mol. The van der Waals surface area contributed by atoms with Crippen LogP contribution in [0.2, 0.25) is 0 Å². The number of amides is 5. The number of nitrogens with zero attached hydrogens (tertiary/aromatic N) is 4. The molecule has 0 spiro atoms. The molecule has 3 fully saturated rings. The third-order valence-corrected chi connectivity index (χ3v) is 9.18. The van der Waals surface area contributed by atoms with Crippen molar-refractivity contribution in [3.63, 3.8) is 0 Å². The van der Waals surface area contributed by atoms with Gasteiger partial charge in [-0.1, -0.05) is 36.4 Å². The van der Waals surface area contributed by atoms with Crippen molar-refractivity contribution in [3.8, 4) is 0 Å². The maximum atomic E-state index is 13.5. The third kappa shape index (κ3) is 5.97. The Labute approximate surface area is 260 Å². The number of piperazine rings is 1. The second-order valence-electron chi connectivity index (χ2n) is 11.9. The Balaban J connectivity index is 0.981. The van der Waals surface area contributed by atoms with E-state index in [-0.39, 0.29) is 48.4 Å². The number of fused-ring (bicyclic) bond motifs is 1. The van der Waals surface area contributed by atoms with Gasteiger partial charge in [0.15, 0.2) is 11.6 Å². The van der Waals surface area contributed by atoms with Gasteiger partial charge in [-0.15, -0.1) is 0 Å². The first-order chi connectivity index (χ1) is 21.7. The fraction of sp³-hybridized carbons (Fsp3) is 0.394. The van der Waals surface area contributed by atoms with Crippen molar-refractivity contribution in [2.24, 2.45) is 0 Å². The van der Waals surface area contributed by atoms with Gasteiger partial charge in [0.1, 0.15) is 6.04 Å². The van der Waals surface area contributed by atoms with E-state index in [0.717, 1.165) is 5.56 Å². The number of Topliss-reactive ketones (excluding diaryl/α,β-unsaturated/α-hetero) is 2. The lowest BCUT2D eigenvalue weighted by Gasteiger charge is -2.39. The summed E-state index contributed by atoms with van der Waals surface area (Å²) in [5, 5.41) is 3.10. The first kappa shape index (κ1) is 30.2. The number of rotatable bonds is 6. The number of ketones is 2. The molecule has 1 saturated carbocycles. The number of nitrogen functional groups attached to an aromatic ring is 1. The van der Waals surface area contributed by atoms with Gasteiger partial charge in [-0.2, -0.15) is 4.90 Å². The number of piperidine rings is 1. The van der Waals surface area contributed by atoms with Gasteiger partial charge in [0.25, 0.3) is 11.8 Å². The normalized spacial score (nSPS) is 22.6. The van der Waals surface area contributed by atoms with E-state index in [2.05, 4.69) is 10.2 Å². The Morgan fingerprint density at radius 3 is 2.31 bits per heavy atom. The van der Waals surface area contributed by atoms with Crippen LogP contribution in [0, 0.1) is 0 Å². The highest BCUT2D eigenvalue weighted by atomic mass is 16.2. The molecule has 2 saturated heterocycles. The number of nitrogens with two attached hydrogens (primary N) is 1. The zero-order chi connectivity index (χ0) is 31.7. The van der Waals surface area contributed by atoms with Crippen LogP contribution >= 0.6 is 0 Å². The van der Waals surface area contributed by atoms with Crippen molar-refractivity contribution >= 4 is 41.0 Å². The highest BCUT2D eigenvalue weighted by Crippen LogP contribution is 2.33. The molecule has 3 heterocycles.